The Morgan fingerprint density at radius 1 is 1.08 bits per heavy atom. The number of aliphatic hydroxyl groups excluding tert-OH is 1. The first-order chi connectivity index (χ1) is 18.4. The second-order valence-corrected chi connectivity index (χ2v) is 9.44. The molecular formula is C30H36N2O6. The fourth-order valence-electron chi connectivity index (χ4n) is 4.79. The van der Waals surface area contributed by atoms with E-state index in [0.717, 1.165) is 30.6 Å². The summed E-state index contributed by atoms with van der Waals surface area (Å²) in [6.07, 6.45) is 2.54. The number of Topliss-reactive ketones (excluding diaryl/α,β-unsaturated/α-hetero) is 1. The van der Waals surface area contributed by atoms with Crippen LogP contribution in [0.3, 0.4) is 0 Å². The van der Waals surface area contributed by atoms with E-state index in [2.05, 4.69) is 11.5 Å². The van der Waals surface area contributed by atoms with Crippen LogP contribution in [0.4, 0.5) is 0 Å². The van der Waals surface area contributed by atoms with Gasteiger partial charge in [0.05, 0.1) is 31.4 Å². The Kier molecular flexibility index (Phi) is 9.20. The fourth-order valence-corrected chi connectivity index (χ4v) is 4.79. The summed E-state index contributed by atoms with van der Waals surface area (Å²) in [4.78, 5) is 30.5. The van der Waals surface area contributed by atoms with Crippen molar-refractivity contribution in [3.63, 3.8) is 0 Å². The quantitative estimate of drug-likeness (QED) is 0.207. The minimum atomic E-state index is -0.722. The van der Waals surface area contributed by atoms with E-state index >= 15 is 0 Å². The highest BCUT2D eigenvalue weighted by Crippen LogP contribution is 2.40. The van der Waals surface area contributed by atoms with Gasteiger partial charge in [-0.25, -0.2) is 0 Å². The highest BCUT2D eigenvalue weighted by atomic mass is 16.5. The standard InChI is InChI=1S/C30H36N2O6/c1-4-16-37-23-8-6-22(7-9-23)27-26(28(33)25-11-10-24(20-21(25)3)38-17-5-2)29(34)30(35)32(27)13-12-31-14-18-36-19-15-31/h4,6-11,20,27,33H,1,5,12-19H2,2-3H3. The van der Waals surface area contributed by atoms with Crippen LogP contribution in [0, 0.1) is 6.92 Å². The van der Waals surface area contributed by atoms with Crippen molar-refractivity contribution in [2.24, 2.45) is 0 Å². The Labute approximate surface area is 224 Å². The van der Waals surface area contributed by atoms with Crippen LogP contribution in [0.2, 0.25) is 0 Å². The number of ether oxygens (including phenoxy) is 3. The summed E-state index contributed by atoms with van der Waals surface area (Å²) in [7, 11) is 0. The number of rotatable bonds is 11. The van der Waals surface area contributed by atoms with E-state index < -0.39 is 17.7 Å². The van der Waals surface area contributed by atoms with Gasteiger partial charge in [-0.2, -0.15) is 0 Å². The van der Waals surface area contributed by atoms with E-state index in [1.54, 1.807) is 35.2 Å². The minimum absolute atomic E-state index is 0.0852. The number of ketones is 1. The molecule has 0 aromatic heterocycles. The van der Waals surface area contributed by atoms with Crippen LogP contribution >= 0.6 is 0 Å². The van der Waals surface area contributed by atoms with Crippen molar-refractivity contribution in [3.05, 3.63) is 77.4 Å². The fraction of sp³-hybridized carbons (Fsp3) is 0.400. The highest BCUT2D eigenvalue weighted by Gasteiger charge is 2.46. The van der Waals surface area contributed by atoms with Crippen LogP contribution in [0.15, 0.2) is 60.7 Å². The first-order valence-corrected chi connectivity index (χ1v) is 13.1. The SMILES string of the molecule is C=CCOc1ccc(C2C(=C(O)c3ccc(OCCC)cc3C)C(=O)C(=O)N2CCN2CCOCC2)cc1. The molecule has 202 valence electrons. The van der Waals surface area contributed by atoms with Crippen LogP contribution < -0.4 is 9.47 Å². The van der Waals surface area contributed by atoms with Crippen molar-refractivity contribution in [1.29, 1.82) is 0 Å². The predicted molar refractivity (Wildman–Crippen MR) is 145 cm³/mol. The number of carbonyl (C=O) groups is 2. The number of aryl methyl sites for hydroxylation is 1. The molecule has 2 aliphatic rings. The number of hydrogen-bond donors (Lipinski definition) is 1. The molecule has 0 radical (unpaired) electrons. The molecule has 0 saturated carbocycles. The summed E-state index contributed by atoms with van der Waals surface area (Å²) in [6.45, 7) is 12.3. The van der Waals surface area contributed by atoms with E-state index in [4.69, 9.17) is 14.2 Å². The molecule has 2 aromatic rings. The second kappa shape index (κ2) is 12.8. The molecule has 4 rings (SSSR count). The molecule has 2 saturated heterocycles. The van der Waals surface area contributed by atoms with Crippen LogP contribution in [0.25, 0.3) is 5.76 Å². The van der Waals surface area contributed by atoms with Crippen LogP contribution in [-0.4, -0.2) is 79.2 Å². The van der Waals surface area contributed by atoms with Gasteiger partial charge in [-0.05, 0) is 54.8 Å². The molecule has 2 aromatic carbocycles. The number of amides is 1. The van der Waals surface area contributed by atoms with Gasteiger partial charge in [0.1, 0.15) is 23.9 Å². The van der Waals surface area contributed by atoms with E-state index in [1.165, 1.54) is 0 Å². The molecule has 2 fully saturated rings. The molecule has 8 nitrogen and oxygen atoms in total. The van der Waals surface area contributed by atoms with Gasteiger partial charge in [0, 0.05) is 31.7 Å². The average molecular weight is 521 g/mol. The number of morpholine rings is 1. The minimum Gasteiger partial charge on any atom is -0.507 e. The number of hydrogen-bond acceptors (Lipinski definition) is 7. The van der Waals surface area contributed by atoms with Crippen molar-refractivity contribution < 1.29 is 28.9 Å². The van der Waals surface area contributed by atoms with Crippen molar-refractivity contribution in [3.8, 4) is 11.5 Å². The van der Waals surface area contributed by atoms with E-state index in [1.807, 2.05) is 32.0 Å². The molecule has 2 heterocycles. The zero-order valence-electron chi connectivity index (χ0n) is 22.2. The smallest absolute Gasteiger partial charge is 0.295 e. The summed E-state index contributed by atoms with van der Waals surface area (Å²) in [5.41, 5.74) is 2.06. The first-order valence-electron chi connectivity index (χ1n) is 13.1. The summed E-state index contributed by atoms with van der Waals surface area (Å²) >= 11 is 0. The molecule has 8 heteroatoms. The first kappa shape index (κ1) is 27.4. The van der Waals surface area contributed by atoms with Gasteiger partial charge >= 0.3 is 0 Å². The van der Waals surface area contributed by atoms with Gasteiger partial charge in [-0.3, -0.25) is 14.5 Å². The molecule has 2 aliphatic heterocycles. The van der Waals surface area contributed by atoms with Crippen LogP contribution in [-0.2, 0) is 14.3 Å². The Balaban J connectivity index is 1.71. The molecule has 1 unspecified atom stereocenters. The van der Waals surface area contributed by atoms with E-state index in [0.29, 0.717) is 56.6 Å². The van der Waals surface area contributed by atoms with Crippen molar-refractivity contribution in [2.75, 3.05) is 52.6 Å². The Hall–Kier alpha value is -3.62. The predicted octanol–water partition coefficient (Wildman–Crippen LogP) is 4.10. The molecule has 0 bridgehead atoms. The van der Waals surface area contributed by atoms with Gasteiger partial charge < -0.3 is 24.2 Å². The summed E-state index contributed by atoms with van der Waals surface area (Å²) < 4.78 is 16.8. The van der Waals surface area contributed by atoms with Crippen LogP contribution in [0.5, 0.6) is 11.5 Å². The van der Waals surface area contributed by atoms with Crippen molar-refractivity contribution >= 4 is 17.4 Å². The third-order valence-electron chi connectivity index (χ3n) is 6.79. The summed E-state index contributed by atoms with van der Waals surface area (Å²) in [6, 6.07) is 11.9. The highest BCUT2D eigenvalue weighted by molar-refractivity contribution is 6.46. The molecular weight excluding hydrogens is 484 g/mol. The van der Waals surface area contributed by atoms with Gasteiger partial charge in [0.2, 0.25) is 0 Å². The van der Waals surface area contributed by atoms with E-state index in [-0.39, 0.29) is 11.3 Å². The molecule has 0 spiro atoms. The number of benzene rings is 2. The molecule has 38 heavy (non-hydrogen) atoms. The molecule has 1 N–H and O–H groups in total. The van der Waals surface area contributed by atoms with Gasteiger partial charge in [-0.15, -0.1) is 0 Å². The maximum atomic E-state index is 13.4. The Morgan fingerprint density at radius 2 is 1.79 bits per heavy atom. The second-order valence-electron chi connectivity index (χ2n) is 9.44. The van der Waals surface area contributed by atoms with Crippen molar-refractivity contribution in [2.45, 2.75) is 26.3 Å². The summed E-state index contributed by atoms with van der Waals surface area (Å²) in [5, 5.41) is 11.5. The third kappa shape index (κ3) is 6.09. The normalized spacial score (nSPS) is 19.5. The lowest BCUT2D eigenvalue weighted by molar-refractivity contribution is -0.140. The van der Waals surface area contributed by atoms with Gasteiger partial charge in [0.25, 0.3) is 11.7 Å². The number of likely N-dealkylation sites (tertiary alicyclic amines) is 1. The topological polar surface area (TPSA) is 88.5 Å². The molecule has 1 atom stereocenters. The largest absolute Gasteiger partial charge is 0.507 e. The zero-order chi connectivity index (χ0) is 27.1. The monoisotopic (exact) mass is 520 g/mol. The molecule has 0 aliphatic carbocycles. The number of carbonyl (C=O) groups excluding carboxylic acids is 2. The lowest BCUT2D eigenvalue weighted by Crippen LogP contribution is -2.42. The van der Waals surface area contributed by atoms with Gasteiger partial charge in [-0.1, -0.05) is 31.7 Å². The summed E-state index contributed by atoms with van der Waals surface area (Å²) in [5.74, 6) is -0.144. The molecule has 1 amide bonds. The number of aliphatic hydroxyl groups is 1. The Morgan fingerprint density at radius 3 is 2.45 bits per heavy atom. The lowest BCUT2D eigenvalue weighted by atomic mass is 9.94. The van der Waals surface area contributed by atoms with Crippen LogP contribution in [0.1, 0.15) is 36.1 Å². The maximum absolute atomic E-state index is 13.4. The lowest BCUT2D eigenvalue weighted by Gasteiger charge is -2.31. The number of nitrogens with zero attached hydrogens (tertiary/aromatic N) is 2. The van der Waals surface area contributed by atoms with Crippen molar-refractivity contribution in [1.82, 2.24) is 9.80 Å². The van der Waals surface area contributed by atoms with E-state index in [9.17, 15) is 14.7 Å². The average Bonchev–Trinajstić information content (AvgIpc) is 3.19. The Bertz CT molecular complexity index is 1180. The third-order valence-corrected chi connectivity index (χ3v) is 6.79. The zero-order valence-corrected chi connectivity index (χ0v) is 22.2. The maximum Gasteiger partial charge on any atom is 0.295 e. The van der Waals surface area contributed by atoms with Gasteiger partial charge in [0.15, 0.2) is 0 Å².